The van der Waals surface area contributed by atoms with Gasteiger partial charge in [-0.25, -0.2) is 0 Å². The number of carbonyl (C=O) groups excluding carboxylic acids is 1. The molecule has 0 radical (unpaired) electrons. The van der Waals surface area contributed by atoms with Crippen LogP contribution in [0.5, 0.6) is 5.75 Å². The number of aryl methyl sites for hydroxylation is 1. The van der Waals surface area contributed by atoms with Crippen LogP contribution in [-0.2, 0) is 4.79 Å². The van der Waals surface area contributed by atoms with Gasteiger partial charge in [0.1, 0.15) is 11.2 Å². The van der Waals surface area contributed by atoms with Crippen molar-refractivity contribution in [2.24, 2.45) is 5.41 Å². The molecule has 1 saturated carbocycles. The van der Waals surface area contributed by atoms with Gasteiger partial charge in [0.15, 0.2) is 0 Å². The van der Waals surface area contributed by atoms with Crippen molar-refractivity contribution in [3.05, 3.63) is 22.8 Å². The molecule has 4 nitrogen and oxygen atoms in total. The van der Waals surface area contributed by atoms with Crippen molar-refractivity contribution in [1.29, 1.82) is 5.26 Å². The molecule has 0 bridgehead atoms. The fourth-order valence-electron chi connectivity index (χ4n) is 2.26. The number of nitrogens with one attached hydrogen (secondary N) is 1. The summed E-state index contributed by atoms with van der Waals surface area (Å²) in [6.45, 7) is 5.85. The molecule has 0 aromatic heterocycles. The minimum Gasteiger partial charge on any atom is -0.496 e. The molecule has 1 N–H and O–H groups in total. The molecule has 19 heavy (non-hydrogen) atoms. The van der Waals surface area contributed by atoms with E-state index in [2.05, 4.69) is 11.4 Å². The van der Waals surface area contributed by atoms with E-state index in [0.717, 1.165) is 28.1 Å². The first kappa shape index (κ1) is 13.4. The Morgan fingerprint density at radius 2 is 2.00 bits per heavy atom. The zero-order chi connectivity index (χ0) is 14.2. The Bertz CT molecular complexity index is 581. The van der Waals surface area contributed by atoms with E-state index in [4.69, 9.17) is 10.00 Å². The normalized spacial score (nSPS) is 15.5. The first-order chi connectivity index (χ1) is 8.95. The first-order valence-corrected chi connectivity index (χ1v) is 6.32. The molecule has 0 spiro atoms. The van der Waals surface area contributed by atoms with Crippen molar-refractivity contribution in [2.75, 3.05) is 12.4 Å². The number of nitrogens with zero attached hydrogens (tertiary/aromatic N) is 1. The van der Waals surface area contributed by atoms with Crippen LogP contribution < -0.4 is 10.1 Å². The molecule has 1 aromatic carbocycles. The van der Waals surface area contributed by atoms with Gasteiger partial charge >= 0.3 is 0 Å². The highest BCUT2D eigenvalue weighted by atomic mass is 16.5. The Morgan fingerprint density at radius 3 is 2.47 bits per heavy atom. The van der Waals surface area contributed by atoms with E-state index in [-0.39, 0.29) is 5.91 Å². The summed E-state index contributed by atoms with van der Waals surface area (Å²) >= 11 is 0. The zero-order valence-corrected chi connectivity index (χ0v) is 11.8. The van der Waals surface area contributed by atoms with Crippen molar-refractivity contribution in [1.82, 2.24) is 0 Å². The number of methoxy groups -OCH3 is 1. The fraction of sp³-hybridized carbons (Fsp3) is 0.467. The number of hydrogen-bond donors (Lipinski definition) is 1. The van der Waals surface area contributed by atoms with Gasteiger partial charge in [-0.3, -0.25) is 4.79 Å². The maximum absolute atomic E-state index is 12.1. The SMILES string of the molecule is COc1c(C)cc(NC(=O)C2(C#N)CC2)c(C)c1C. The zero-order valence-electron chi connectivity index (χ0n) is 11.8. The number of ether oxygens (including phenoxy) is 1. The topological polar surface area (TPSA) is 62.1 Å². The van der Waals surface area contributed by atoms with Gasteiger partial charge in [-0.2, -0.15) is 5.26 Å². The Labute approximate surface area is 113 Å². The number of carbonyl (C=O) groups is 1. The third-order valence-electron chi connectivity index (χ3n) is 3.88. The quantitative estimate of drug-likeness (QED) is 0.906. The van der Waals surface area contributed by atoms with E-state index in [1.54, 1.807) is 7.11 Å². The van der Waals surface area contributed by atoms with Crippen LogP contribution in [0.4, 0.5) is 5.69 Å². The van der Waals surface area contributed by atoms with Crippen LogP contribution in [0.1, 0.15) is 29.5 Å². The molecule has 1 aromatic rings. The highest BCUT2D eigenvalue weighted by Crippen LogP contribution is 2.46. The van der Waals surface area contributed by atoms with Crippen molar-refractivity contribution >= 4 is 11.6 Å². The average molecular weight is 258 g/mol. The smallest absolute Gasteiger partial charge is 0.244 e. The van der Waals surface area contributed by atoms with Gasteiger partial charge in [0, 0.05) is 5.69 Å². The number of nitriles is 1. The summed E-state index contributed by atoms with van der Waals surface area (Å²) in [6.07, 6.45) is 1.31. The maximum Gasteiger partial charge on any atom is 0.244 e. The maximum atomic E-state index is 12.1. The second kappa shape index (κ2) is 4.58. The second-order valence-electron chi connectivity index (χ2n) is 5.17. The van der Waals surface area contributed by atoms with E-state index in [0.29, 0.717) is 12.8 Å². The van der Waals surface area contributed by atoms with E-state index in [9.17, 15) is 4.79 Å². The third-order valence-corrected chi connectivity index (χ3v) is 3.88. The molecule has 0 atom stereocenters. The fourth-order valence-corrected chi connectivity index (χ4v) is 2.26. The predicted molar refractivity (Wildman–Crippen MR) is 73.1 cm³/mol. The lowest BCUT2D eigenvalue weighted by Crippen LogP contribution is -2.23. The lowest BCUT2D eigenvalue weighted by molar-refractivity contribution is -0.119. The van der Waals surface area contributed by atoms with Crippen LogP contribution >= 0.6 is 0 Å². The van der Waals surface area contributed by atoms with Crippen LogP contribution in [0.3, 0.4) is 0 Å². The Hall–Kier alpha value is -2.02. The van der Waals surface area contributed by atoms with Crippen LogP contribution in [-0.4, -0.2) is 13.0 Å². The number of hydrogen-bond acceptors (Lipinski definition) is 3. The van der Waals surface area contributed by atoms with E-state index in [1.807, 2.05) is 26.8 Å². The van der Waals surface area contributed by atoms with Gasteiger partial charge in [-0.1, -0.05) is 0 Å². The minimum atomic E-state index is -0.797. The van der Waals surface area contributed by atoms with Gasteiger partial charge < -0.3 is 10.1 Å². The lowest BCUT2D eigenvalue weighted by atomic mass is 10.0. The minimum absolute atomic E-state index is 0.193. The van der Waals surface area contributed by atoms with Crippen LogP contribution in [0.25, 0.3) is 0 Å². The number of amides is 1. The standard InChI is InChI=1S/C15H18N2O2/c1-9-7-12(10(2)11(3)13(9)19-4)17-14(18)15(8-16)5-6-15/h7H,5-6H2,1-4H3,(H,17,18). The summed E-state index contributed by atoms with van der Waals surface area (Å²) in [6, 6.07) is 4.00. The third kappa shape index (κ3) is 2.17. The Morgan fingerprint density at radius 1 is 1.37 bits per heavy atom. The molecule has 0 heterocycles. The van der Waals surface area contributed by atoms with E-state index in [1.165, 1.54) is 0 Å². The number of anilines is 1. The second-order valence-corrected chi connectivity index (χ2v) is 5.17. The van der Waals surface area contributed by atoms with Crippen LogP contribution in [0.15, 0.2) is 6.07 Å². The summed E-state index contributed by atoms with van der Waals surface area (Å²) in [7, 11) is 1.64. The van der Waals surface area contributed by atoms with Crippen LogP contribution in [0.2, 0.25) is 0 Å². The van der Waals surface area contributed by atoms with Crippen molar-refractivity contribution in [3.63, 3.8) is 0 Å². The Kier molecular flexibility index (Phi) is 3.23. The number of rotatable bonds is 3. The van der Waals surface area contributed by atoms with Gasteiger partial charge in [0.2, 0.25) is 5.91 Å². The molecule has 0 saturated heterocycles. The van der Waals surface area contributed by atoms with Crippen molar-refractivity contribution < 1.29 is 9.53 Å². The lowest BCUT2D eigenvalue weighted by Gasteiger charge is -2.17. The summed E-state index contributed by atoms with van der Waals surface area (Å²) in [5.74, 6) is 0.652. The van der Waals surface area contributed by atoms with Gasteiger partial charge in [0.05, 0.1) is 13.2 Å². The Balaban J connectivity index is 2.32. The van der Waals surface area contributed by atoms with E-state index < -0.39 is 5.41 Å². The molecule has 1 fully saturated rings. The monoisotopic (exact) mass is 258 g/mol. The number of benzene rings is 1. The largest absolute Gasteiger partial charge is 0.496 e. The summed E-state index contributed by atoms with van der Waals surface area (Å²) in [4.78, 5) is 12.1. The highest BCUT2D eigenvalue weighted by molar-refractivity contribution is 6.00. The molecular weight excluding hydrogens is 240 g/mol. The molecule has 4 heteroatoms. The summed E-state index contributed by atoms with van der Waals surface area (Å²) in [5, 5.41) is 11.9. The molecular formula is C15H18N2O2. The first-order valence-electron chi connectivity index (χ1n) is 6.32. The molecule has 0 aliphatic heterocycles. The molecule has 1 aliphatic rings. The molecule has 1 amide bonds. The summed E-state index contributed by atoms with van der Waals surface area (Å²) < 4.78 is 5.35. The summed E-state index contributed by atoms with van der Waals surface area (Å²) in [5.41, 5.74) is 2.93. The van der Waals surface area contributed by atoms with Gasteiger partial charge in [0.25, 0.3) is 0 Å². The van der Waals surface area contributed by atoms with Crippen molar-refractivity contribution in [2.45, 2.75) is 33.6 Å². The van der Waals surface area contributed by atoms with E-state index >= 15 is 0 Å². The van der Waals surface area contributed by atoms with Crippen LogP contribution in [0, 0.1) is 37.5 Å². The predicted octanol–water partition coefficient (Wildman–Crippen LogP) is 2.86. The molecule has 2 rings (SSSR count). The highest BCUT2D eigenvalue weighted by Gasteiger charge is 2.50. The molecule has 1 aliphatic carbocycles. The average Bonchev–Trinajstić information content (AvgIpc) is 3.17. The van der Waals surface area contributed by atoms with Gasteiger partial charge in [-0.05, 0) is 56.4 Å². The molecule has 0 unspecified atom stereocenters. The van der Waals surface area contributed by atoms with Crippen molar-refractivity contribution in [3.8, 4) is 11.8 Å². The molecule has 100 valence electrons. The van der Waals surface area contributed by atoms with Gasteiger partial charge in [-0.15, -0.1) is 0 Å².